The molecule has 0 fully saturated rings. The van der Waals surface area contributed by atoms with Crippen LogP contribution < -0.4 is 15.8 Å². The zero-order valence-electron chi connectivity index (χ0n) is 26.5. The molecule has 0 spiro atoms. The maximum Gasteiger partial charge on any atom is 0.374 e. The third-order valence-corrected chi connectivity index (χ3v) is 8.28. The standard InChI is InChI=1S/C32H37Cl2N3O10S/c1-20(29(39)21-7-4-8-22(33)15-21)37-32(2,3)19-47-31(41)27(38)10-14-44-11-6-13-46-30(40)24-16-28(48(35,42)43)25(34)17-26(24)36-18-23-9-5-12-45-23/h4-5,7-9,12,15-17,20,36-37H,6,10-11,13-14,18-19H2,1-3H3,(H2,35,42,43)/t20-/m0/s1. The first kappa shape index (κ1) is 38.7. The average molecular weight is 727 g/mol. The molecule has 0 unspecified atom stereocenters. The van der Waals surface area contributed by atoms with Gasteiger partial charge in [-0.05, 0) is 57.2 Å². The highest BCUT2D eigenvalue weighted by Gasteiger charge is 2.28. The van der Waals surface area contributed by atoms with Crippen molar-refractivity contribution >= 4 is 62.4 Å². The van der Waals surface area contributed by atoms with Crippen LogP contribution in [0, 0.1) is 0 Å². The Kier molecular flexibility index (Phi) is 14.1. The summed E-state index contributed by atoms with van der Waals surface area (Å²) in [5.74, 6) is -2.29. The number of nitrogens with one attached hydrogen (secondary N) is 2. The molecular weight excluding hydrogens is 689 g/mol. The predicted molar refractivity (Wildman–Crippen MR) is 178 cm³/mol. The molecule has 1 atom stereocenters. The van der Waals surface area contributed by atoms with Gasteiger partial charge >= 0.3 is 11.9 Å². The van der Waals surface area contributed by atoms with E-state index in [1.54, 1.807) is 57.2 Å². The first-order valence-electron chi connectivity index (χ1n) is 14.7. The molecule has 0 radical (unpaired) electrons. The van der Waals surface area contributed by atoms with Crippen molar-refractivity contribution in [3.63, 3.8) is 0 Å². The molecular formula is C32H37Cl2N3O10S. The van der Waals surface area contributed by atoms with Crippen LogP contribution in [0.4, 0.5) is 5.69 Å². The molecule has 0 saturated carbocycles. The molecule has 0 aliphatic carbocycles. The van der Waals surface area contributed by atoms with Crippen molar-refractivity contribution in [1.29, 1.82) is 0 Å². The summed E-state index contributed by atoms with van der Waals surface area (Å²) in [7, 11) is -4.23. The minimum absolute atomic E-state index is 0.0789. The van der Waals surface area contributed by atoms with Crippen LogP contribution in [0.3, 0.4) is 0 Å². The quantitative estimate of drug-likeness (QED) is 0.0677. The van der Waals surface area contributed by atoms with Crippen LogP contribution in [0.2, 0.25) is 10.0 Å². The fourth-order valence-electron chi connectivity index (χ4n) is 4.37. The van der Waals surface area contributed by atoms with Crippen molar-refractivity contribution in [2.45, 2.75) is 56.6 Å². The molecule has 0 aliphatic rings. The molecule has 2 aromatic carbocycles. The van der Waals surface area contributed by atoms with Crippen molar-refractivity contribution in [2.75, 3.05) is 31.7 Å². The summed E-state index contributed by atoms with van der Waals surface area (Å²) in [6.07, 6.45) is 1.48. The Morgan fingerprint density at radius 2 is 1.75 bits per heavy atom. The van der Waals surface area contributed by atoms with Gasteiger partial charge in [0.15, 0.2) is 5.78 Å². The molecule has 0 bridgehead atoms. The highest BCUT2D eigenvalue weighted by molar-refractivity contribution is 7.89. The number of esters is 2. The Morgan fingerprint density at radius 3 is 2.42 bits per heavy atom. The molecule has 13 nitrogen and oxygen atoms in total. The van der Waals surface area contributed by atoms with Gasteiger partial charge in [-0.15, -0.1) is 0 Å². The van der Waals surface area contributed by atoms with E-state index < -0.39 is 44.2 Å². The highest BCUT2D eigenvalue weighted by atomic mass is 35.5. The number of hydrogen-bond donors (Lipinski definition) is 3. The lowest BCUT2D eigenvalue weighted by molar-refractivity contribution is -0.155. The molecule has 1 heterocycles. The molecule has 1 aromatic heterocycles. The lowest BCUT2D eigenvalue weighted by Crippen LogP contribution is -2.51. The Bertz CT molecular complexity index is 1710. The summed E-state index contributed by atoms with van der Waals surface area (Å²) in [5.41, 5.74) is -0.289. The number of hydrogen-bond acceptors (Lipinski definition) is 12. The first-order valence-corrected chi connectivity index (χ1v) is 17.0. The second-order valence-electron chi connectivity index (χ2n) is 11.3. The molecule has 0 amide bonds. The van der Waals surface area contributed by atoms with E-state index in [1.807, 2.05) is 0 Å². The summed E-state index contributed by atoms with van der Waals surface area (Å²) in [6.45, 7) is 5.07. The van der Waals surface area contributed by atoms with E-state index in [4.69, 9.17) is 47.0 Å². The SMILES string of the molecule is C[C@H](NC(C)(C)COC(=O)C(=O)CCOCCCOC(=O)c1cc(S(N)(=O)=O)c(Cl)cc1NCc1ccco1)C(=O)c1cccc(Cl)c1. The van der Waals surface area contributed by atoms with Crippen LogP contribution in [0.1, 0.15) is 60.1 Å². The fraction of sp³-hybridized carbons (Fsp3) is 0.375. The summed E-state index contributed by atoms with van der Waals surface area (Å²) >= 11 is 12.1. The maximum absolute atomic E-state index is 12.8. The van der Waals surface area contributed by atoms with E-state index in [0.717, 1.165) is 6.07 Å². The van der Waals surface area contributed by atoms with Gasteiger partial charge in [0.25, 0.3) is 0 Å². The largest absolute Gasteiger partial charge is 0.467 e. The predicted octanol–water partition coefficient (Wildman–Crippen LogP) is 4.55. The topological polar surface area (TPSA) is 193 Å². The Balaban J connectivity index is 1.39. The van der Waals surface area contributed by atoms with Crippen LogP contribution >= 0.6 is 23.2 Å². The van der Waals surface area contributed by atoms with E-state index in [9.17, 15) is 27.6 Å². The molecule has 16 heteroatoms. The minimum atomic E-state index is -4.23. The molecule has 3 aromatic rings. The Labute approximate surface area is 288 Å². The Hall–Kier alpha value is -3.79. The van der Waals surface area contributed by atoms with Gasteiger partial charge in [0.05, 0.1) is 48.3 Å². The smallest absolute Gasteiger partial charge is 0.374 e. The second kappa shape index (κ2) is 17.6. The van der Waals surface area contributed by atoms with Crippen molar-refractivity contribution in [3.8, 4) is 0 Å². The van der Waals surface area contributed by atoms with Crippen LogP contribution in [0.15, 0.2) is 64.1 Å². The highest BCUT2D eigenvalue weighted by Crippen LogP contribution is 2.29. The summed E-state index contributed by atoms with van der Waals surface area (Å²) < 4.78 is 45.0. The van der Waals surface area contributed by atoms with E-state index in [-0.39, 0.29) is 67.9 Å². The van der Waals surface area contributed by atoms with E-state index >= 15 is 0 Å². The molecule has 3 rings (SSSR count). The minimum Gasteiger partial charge on any atom is -0.467 e. The normalized spacial score (nSPS) is 12.3. The van der Waals surface area contributed by atoms with Gasteiger partial charge in [-0.3, -0.25) is 14.9 Å². The van der Waals surface area contributed by atoms with E-state index in [1.165, 1.54) is 12.3 Å². The van der Waals surface area contributed by atoms with Crippen molar-refractivity contribution in [3.05, 3.63) is 81.7 Å². The van der Waals surface area contributed by atoms with Gasteiger partial charge in [-0.25, -0.2) is 23.1 Å². The summed E-state index contributed by atoms with van der Waals surface area (Å²) in [6, 6.07) is 11.6. The number of carbonyl (C=O) groups excluding carboxylic acids is 4. The molecule has 0 aliphatic heterocycles. The maximum atomic E-state index is 12.8. The fourth-order valence-corrected chi connectivity index (χ4v) is 5.66. The van der Waals surface area contributed by atoms with Gasteiger partial charge in [0.2, 0.25) is 15.8 Å². The average Bonchev–Trinajstić information content (AvgIpc) is 3.54. The lowest BCUT2D eigenvalue weighted by Gasteiger charge is -2.29. The Morgan fingerprint density at radius 1 is 1.00 bits per heavy atom. The van der Waals surface area contributed by atoms with Gasteiger partial charge in [0, 0.05) is 35.6 Å². The molecule has 48 heavy (non-hydrogen) atoms. The number of anilines is 1. The number of rotatable bonds is 19. The van der Waals surface area contributed by atoms with Crippen molar-refractivity contribution in [1.82, 2.24) is 5.32 Å². The number of halogens is 2. The summed E-state index contributed by atoms with van der Waals surface area (Å²) in [4.78, 5) is 49.6. The molecule has 260 valence electrons. The number of benzene rings is 2. The monoisotopic (exact) mass is 725 g/mol. The van der Waals surface area contributed by atoms with Gasteiger partial charge < -0.3 is 23.9 Å². The summed E-state index contributed by atoms with van der Waals surface area (Å²) in [5, 5.41) is 11.6. The number of Topliss-reactive ketones (excluding diaryl/α,β-unsaturated/α-hetero) is 2. The lowest BCUT2D eigenvalue weighted by atomic mass is 10.0. The second-order valence-corrected chi connectivity index (χ2v) is 13.7. The van der Waals surface area contributed by atoms with E-state index in [2.05, 4.69) is 10.6 Å². The van der Waals surface area contributed by atoms with Crippen LogP contribution in [0.5, 0.6) is 0 Å². The number of furan rings is 1. The van der Waals surface area contributed by atoms with Crippen LogP contribution in [0.25, 0.3) is 0 Å². The third kappa shape index (κ3) is 12.0. The van der Waals surface area contributed by atoms with Crippen molar-refractivity contribution in [2.24, 2.45) is 5.14 Å². The number of primary sulfonamides is 1. The van der Waals surface area contributed by atoms with Crippen LogP contribution in [-0.2, 0) is 40.4 Å². The number of nitrogens with two attached hydrogens (primary N) is 1. The number of sulfonamides is 1. The number of ether oxygens (including phenoxy) is 3. The van der Waals surface area contributed by atoms with E-state index in [0.29, 0.717) is 16.3 Å². The first-order chi connectivity index (χ1) is 22.6. The molecule has 0 saturated heterocycles. The van der Waals surface area contributed by atoms with Crippen LogP contribution in [-0.4, -0.2) is 69.9 Å². The van der Waals surface area contributed by atoms with Gasteiger partial charge in [-0.2, -0.15) is 0 Å². The number of ketones is 2. The third-order valence-electron chi connectivity index (χ3n) is 6.67. The van der Waals surface area contributed by atoms with Crippen molar-refractivity contribution < 1.29 is 46.2 Å². The zero-order chi connectivity index (χ0) is 35.5. The zero-order valence-corrected chi connectivity index (χ0v) is 28.9. The van der Waals surface area contributed by atoms with Gasteiger partial charge in [-0.1, -0.05) is 35.3 Å². The number of carbonyl (C=O) groups is 4. The molecule has 4 N–H and O–H groups in total. The van der Waals surface area contributed by atoms with Gasteiger partial charge in [0.1, 0.15) is 17.3 Å².